The molecule has 0 aliphatic carbocycles. The van der Waals surface area contributed by atoms with Gasteiger partial charge >= 0.3 is 11.9 Å². The molecule has 0 aromatic rings. The van der Waals surface area contributed by atoms with Crippen LogP contribution in [-0.2, 0) is 32.7 Å². The highest BCUT2D eigenvalue weighted by Gasteiger charge is 2.21. The van der Waals surface area contributed by atoms with Gasteiger partial charge in [0.05, 0.1) is 27.7 Å². The largest absolute Gasteiger partial charge is 0.756 e. The first-order chi connectivity index (χ1) is 26.5. The number of ether oxygens (including phenoxy) is 2. The molecular weight excluding hydrogens is 713 g/mol. The third-order valence-electron chi connectivity index (χ3n) is 9.41. The fourth-order valence-corrected chi connectivity index (χ4v) is 6.62. The lowest BCUT2D eigenvalue weighted by Crippen LogP contribution is -2.37. The van der Waals surface area contributed by atoms with E-state index in [-0.39, 0.29) is 26.1 Å². The second-order valence-corrected chi connectivity index (χ2v) is 17.5. The molecule has 0 saturated heterocycles. The third-order valence-corrected chi connectivity index (χ3v) is 10.4. The Morgan fingerprint density at radius 1 is 0.564 bits per heavy atom. The average molecular weight is 798 g/mol. The number of likely N-dealkylation sites (N-methyl/N-ethyl adjacent to an activating group) is 1. The summed E-state index contributed by atoms with van der Waals surface area (Å²) in [7, 11) is 1.16. The van der Waals surface area contributed by atoms with E-state index in [4.69, 9.17) is 18.5 Å². The number of allylic oxidation sites excluding steroid dienone is 6. The molecule has 9 nitrogen and oxygen atoms in total. The van der Waals surface area contributed by atoms with Crippen molar-refractivity contribution in [3.05, 3.63) is 36.5 Å². The Hall–Kier alpha value is -1.77. The summed E-state index contributed by atoms with van der Waals surface area (Å²) in [6.45, 7) is 4.14. The van der Waals surface area contributed by atoms with Gasteiger partial charge in [0.2, 0.25) is 0 Å². The molecular formula is C45H84NO8P. The summed E-state index contributed by atoms with van der Waals surface area (Å²) < 4.78 is 33.7. The van der Waals surface area contributed by atoms with E-state index in [9.17, 15) is 19.0 Å². The first-order valence-electron chi connectivity index (χ1n) is 22.2. The minimum Gasteiger partial charge on any atom is -0.756 e. The van der Waals surface area contributed by atoms with Gasteiger partial charge in [-0.1, -0.05) is 159 Å². The number of carbonyl (C=O) groups excluding carboxylic acids is 2. The minimum atomic E-state index is -4.61. The molecule has 0 aromatic heterocycles. The second kappa shape index (κ2) is 37.8. The lowest BCUT2D eigenvalue weighted by molar-refractivity contribution is -0.870. The number of carbonyl (C=O) groups is 2. The highest BCUT2D eigenvalue weighted by molar-refractivity contribution is 7.45. The van der Waals surface area contributed by atoms with E-state index >= 15 is 0 Å². The molecule has 0 bridgehead atoms. The molecule has 0 heterocycles. The smallest absolute Gasteiger partial charge is 0.306 e. The van der Waals surface area contributed by atoms with E-state index in [0.29, 0.717) is 17.4 Å². The average Bonchev–Trinajstić information content (AvgIpc) is 3.13. The van der Waals surface area contributed by atoms with Gasteiger partial charge in [-0.2, -0.15) is 0 Å². The number of phosphoric ester groups is 1. The van der Waals surface area contributed by atoms with E-state index in [2.05, 4.69) is 50.3 Å². The number of unbranched alkanes of at least 4 members (excludes halogenated alkanes) is 20. The van der Waals surface area contributed by atoms with Gasteiger partial charge in [-0.15, -0.1) is 0 Å². The van der Waals surface area contributed by atoms with Gasteiger partial charge in [-0.25, -0.2) is 0 Å². The van der Waals surface area contributed by atoms with Gasteiger partial charge in [0.25, 0.3) is 7.82 Å². The van der Waals surface area contributed by atoms with Crippen LogP contribution in [0.1, 0.15) is 187 Å². The van der Waals surface area contributed by atoms with Gasteiger partial charge in [-0.3, -0.25) is 14.2 Å². The number of hydrogen-bond donors (Lipinski definition) is 0. The molecule has 0 N–H and O–H groups in total. The van der Waals surface area contributed by atoms with Crippen LogP contribution in [0, 0.1) is 0 Å². The van der Waals surface area contributed by atoms with Crippen LogP contribution in [0.2, 0.25) is 0 Å². The maximum Gasteiger partial charge on any atom is 0.306 e. The van der Waals surface area contributed by atoms with E-state index in [0.717, 1.165) is 70.6 Å². The highest BCUT2D eigenvalue weighted by atomic mass is 31.2. The number of hydrogen-bond acceptors (Lipinski definition) is 8. The van der Waals surface area contributed by atoms with Gasteiger partial charge < -0.3 is 27.9 Å². The Labute approximate surface area is 338 Å². The number of phosphoric acid groups is 1. The van der Waals surface area contributed by atoms with Crippen LogP contribution in [0.25, 0.3) is 0 Å². The number of nitrogens with zero attached hydrogens (tertiary/aromatic N) is 1. The van der Waals surface area contributed by atoms with Crippen molar-refractivity contribution in [3.63, 3.8) is 0 Å². The van der Waals surface area contributed by atoms with Crippen LogP contribution in [0.5, 0.6) is 0 Å². The number of esters is 2. The molecule has 10 heteroatoms. The molecule has 0 spiro atoms. The van der Waals surface area contributed by atoms with E-state index in [1.165, 1.54) is 83.5 Å². The lowest BCUT2D eigenvalue weighted by atomic mass is 10.0. The van der Waals surface area contributed by atoms with Crippen LogP contribution >= 0.6 is 7.82 Å². The SMILES string of the molecule is CCCCCCC/C=C\C/C=C\C/C=C\CCCCCCCCCCCCC(=O)OC(COC(=O)CCCCCCCC)COP(=O)([O-])OCC[N+](C)(C)C. The Kier molecular flexibility index (Phi) is 36.6. The predicted octanol–water partition coefficient (Wildman–Crippen LogP) is 11.9. The van der Waals surface area contributed by atoms with Gasteiger partial charge in [-0.05, 0) is 51.4 Å². The maximum atomic E-state index is 12.6. The van der Waals surface area contributed by atoms with Crippen molar-refractivity contribution in [1.82, 2.24) is 0 Å². The molecule has 0 radical (unpaired) electrons. The summed E-state index contributed by atoms with van der Waals surface area (Å²) in [4.78, 5) is 37.2. The monoisotopic (exact) mass is 798 g/mol. The fourth-order valence-electron chi connectivity index (χ4n) is 5.90. The van der Waals surface area contributed by atoms with Crippen molar-refractivity contribution in [1.29, 1.82) is 0 Å². The molecule has 0 aliphatic heterocycles. The zero-order valence-corrected chi connectivity index (χ0v) is 37.0. The second-order valence-electron chi connectivity index (χ2n) is 16.1. The van der Waals surface area contributed by atoms with Crippen molar-refractivity contribution in [2.24, 2.45) is 0 Å². The highest BCUT2D eigenvalue weighted by Crippen LogP contribution is 2.38. The molecule has 0 amide bonds. The van der Waals surface area contributed by atoms with E-state index in [1.54, 1.807) is 0 Å². The predicted molar refractivity (Wildman–Crippen MR) is 227 cm³/mol. The standard InChI is InChI=1S/C45H84NO8P/c1-6-8-10-12-14-15-16-17-18-19-20-21-22-23-24-25-26-27-28-29-30-31-32-34-36-38-45(48)54-43(41-51-44(47)37-35-33-13-11-9-7-2)42-53-55(49,50)52-40-39-46(3,4)5/h16-17,19-20,22-23,43H,6-15,18,21,24-42H2,1-5H3/b17-16-,20-19-,23-22-. The Morgan fingerprint density at radius 2 is 0.982 bits per heavy atom. The quantitative estimate of drug-likeness (QED) is 0.0198. The van der Waals surface area contributed by atoms with Crippen LogP contribution in [-0.4, -0.2) is 70.0 Å². The molecule has 0 fully saturated rings. The molecule has 0 aliphatic rings. The van der Waals surface area contributed by atoms with E-state index in [1.807, 2.05) is 21.1 Å². The zero-order chi connectivity index (χ0) is 40.7. The normalized spacial score (nSPS) is 13.9. The molecule has 55 heavy (non-hydrogen) atoms. The summed E-state index contributed by atoms with van der Waals surface area (Å²) in [5, 5.41) is 0. The molecule has 2 atom stereocenters. The van der Waals surface area contributed by atoms with Gasteiger partial charge in [0.15, 0.2) is 6.10 Å². The minimum absolute atomic E-state index is 0.0314. The van der Waals surface area contributed by atoms with Crippen molar-refractivity contribution < 1.29 is 42.1 Å². The van der Waals surface area contributed by atoms with Gasteiger partial charge in [0, 0.05) is 12.8 Å². The first kappa shape index (κ1) is 53.2. The molecule has 0 aromatic carbocycles. The van der Waals surface area contributed by atoms with Crippen LogP contribution in [0.3, 0.4) is 0 Å². The van der Waals surface area contributed by atoms with Crippen molar-refractivity contribution in [3.8, 4) is 0 Å². The Morgan fingerprint density at radius 3 is 1.45 bits per heavy atom. The topological polar surface area (TPSA) is 111 Å². The maximum absolute atomic E-state index is 12.6. The van der Waals surface area contributed by atoms with Crippen LogP contribution < -0.4 is 4.89 Å². The third kappa shape index (κ3) is 41.7. The Bertz CT molecular complexity index is 1040. The molecule has 0 rings (SSSR count). The fraction of sp³-hybridized carbons (Fsp3) is 0.822. The summed E-state index contributed by atoms with van der Waals surface area (Å²) in [6, 6.07) is 0. The summed E-state index contributed by atoms with van der Waals surface area (Å²) >= 11 is 0. The molecule has 322 valence electrons. The van der Waals surface area contributed by atoms with Crippen LogP contribution in [0.15, 0.2) is 36.5 Å². The van der Waals surface area contributed by atoms with Crippen molar-refractivity contribution >= 4 is 19.8 Å². The lowest BCUT2D eigenvalue weighted by Gasteiger charge is -2.28. The summed E-state index contributed by atoms with van der Waals surface area (Å²) in [6.07, 6.45) is 42.1. The summed E-state index contributed by atoms with van der Waals surface area (Å²) in [5.41, 5.74) is 0. The van der Waals surface area contributed by atoms with Crippen molar-refractivity contribution in [2.75, 3.05) is 47.5 Å². The summed E-state index contributed by atoms with van der Waals surface area (Å²) in [5.74, 6) is -0.848. The Balaban J connectivity index is 4.12. The molecule has 2 unspecified atom stereocenters. The van der Waals surface area contributed by atoms with E-state index < -0.39 is 32.5 Å². The van der Waals surface area contributed by atoms with Gasteiger partial charge in [0.1, 0.15) is 19.8 Å². The van der Waals surface area contributed by atoms with Crippen molar-refractivity contribution in [2.45, 2.75) is 193 Å². The zero-order valence-electron chi connectivity index (χ0n) is 36.1. The van der Waals surface area contributed by atoms with Crippen LogP contribution in [0.4, 0.5) is 0 Å². The first-order valence-corrected chi connectivity index (χ1v) is 23.7. The molecule has 0 saturated carbocycles. The number of rotatable bonds is 40. The number of quaternary nitrogens is 1.